The zero-order valence-electron chi connectivity index (χ0n) is 9.41. The summed E-state index contributed by atoms with van der Waals surface area (Å²) < 4.78 is 5.81. The third-order valence-corrected chi connectivity index (χ3v) is 2.90. The number of ether oxygens (including phenoxy) is 1. The monoisotopic (exact) mass is 216 g/mol. The SMILES string of the molecule is CC1CN(C(C)C(N)=S)CC(C)(C)O1. The Labute approximate surface area is 91.6 Å². The molecule has 0 aromatic heterocycles. The first-order valence-corrected chi connectivity index (χ1v) is 5.44. The zero-order chi connectivity index (χ0) is 10.9. The van der Waals surface area contributed by atoms with Crippen LogP contribution >= 0.6 is 12.2 Å². The summed E-state index contributed by atoms with van der Waals surface area (Å²) in [6.45, 7) is 10.1. The van der Waals surface area contributed by atoms with Crippen molar-refractivity contribution < 1.29 is 4.74 Å². The maximum absolute atomic E-state index is 5.81. The van der Waals surface area contributed by atoms with E-state index in [-0.39, 0.29) is 17.7 Å². The standard InChI is InChI=1S/C10H20N2OS/c1-7-5-12(8(2)9(11)14)6-10(3,4)13-7/h7-8H,5-6H2,1-4H3,(H2,11,14). The van der Waals surface area contributed by atoms with Gasteiger partial charge in [0.05, 0.1) is 22.7 Å². The van der Waals surface area contributed by atoms with Gasteiger partial charge in [-0.1, -0.05) is 12.2 Å². The number of hydrogen-bond acceptors (Lipinski definition) is 3. The van der Waals surface area contributed by atoms with Crippen molar-refractivity contribution in [2.45, 2.75) is 45.4 Å². The van der Waals surface area contributed by atoms with Crippen molar-refractivity contribution in [1.29, 1.82) is 0 Å². The summed E-state index contributed by atoms with van der Waals surface area (Å²) >= 11 is 5.01. The highest BCUT2D eigenvalue weighted by atomic mass is 32.1. The lowest BCUT2D eigenvalue weighted by atomic mass is 10.0. The van der Waals surface area contributed by atoms with Crippen molar-refractivity contribution in [2.24, 2.45) is 5.73 Å². The smallest absolute Gasteiger partial charge is 0.0899 e. The molecule has 1 aliphatic heterocycles. The number of rotatable bonds is 2. The predicted molar refractivity (Wildman–Crippen MR) is 62.4 cm³/mol. The molecule has 0 saturated carbocycles. The Bertz CT molecular complexity index is 230. The molecule has 4 heteroatoms. The topological polar surface area (TPSA) is 38.5 Å². The van der Waals surface area contributed by atoms with Crippen molar-refractivity contribution >= 4 is 17.2 Å². The van der Waals surface area contributed by atoms with Gasteiger partial charge in [-0.2, -0.15) is 0 Å². The Morgan fingerprint density at radius 2 is 2.21 bits per heavy atom. The van der Waals surface area contributed by atoms with E-state index in [1.165, 1.54) is 0 Å². The molecule has 1 fully saturated rings. The van der Waals surface area contributed by atoms with Gasteiger partial charge in [-0.05, 0) is 27.7 Å². The minimum atomic E-state index is -0.100. The van der Waals surface area contributed by atoms with Crippen molar-refractivity contribution in [3.8, 4) is 0 Å². The highest BCUT2D eigenvalue weighted by Gasteiger charge is 2.33. The fraction of sp³-hybridized carbons (Fsp3) is 0.900. The normalized spacial score (nSPS) is 29.9. The molecular weight excluding hydrogens is 196 g/mol. The lowest BCUT2D eigenvalue weighted by Gasteiger charge is -2.44. The lowest BCUT2D eigenvalue weighted by molar-refractivity contribution is -0.131. The van der Waals surface area contributed by atoms with E-state index >= 15 is 0 Å². The van der Waals surface area contributed by atoms with Crippen LogP contribution in [0.2, 0.25) is 0 Å². The molecule has 0 bridgehead atoms. The van der Waals surface area contributed by atoms with E-state index in [0.717, 1.165) is 13.1 Å². The van der Waals surface area contributed by atoms with E-state index in [4.69, 9.17) is 22.7 Å². The molecule has 1 heterocycles. The molecule has 82 valence electrons. The largest absolute Gasteiger partial charge is 0.392 e. The average molecular weight is 216 g/mol. The first-order chi connectivity index (χ1) is 6.32. The van der Waals surface area contributed by atoms with Gasteiger partial charge in [-0.15, -0.1) is 0 Å². The van der Waals surface area contributed by atoms with Crippen LogP contribution in [0, 0.1) is 0 Å². The summed E-state index contributed by atoms with van der Waals surface area (Å²) in [5.74, 6) is 0. The number of hydrogen-bond donors (Lipinski definition) is 1. The summed E-state index contributed by atoms with van der Waals surface area (Å²) in [5, 5.41) is 0. The van der Waals surface area contributed by atoms with Crippen molar-refractivity contribution in [1.82, 2.24) is 4.90 Å². The Kier molecular flexibility index (Phi) is 3.50. The maximum Gasteiger partial charge on any atom is 0.0899 e. The Balaban J connectivity index is 2.66. The molecule has 0 aliphatic carbocycles. The molecular formula is C10H20N2OS. The number of thiocarbonyl (C=S) groups is 1. The molecule has 14 heavy (non-hydrogen) atoms. The van der Waals surface area contributed by atoms with Crippen molar-refractivity contribution in [3.05, 3.63) is 0 Å². The third-order valence-electron chi connectivity index (χ3n) is 2.56. The minimum absolute atomic E-state index is 0.100. The van der Waals surface area contributed by atoms with Gasteiger partial charge in [0, 0.05) is 13.1 Å². The summed E-state index contributed by atoms with van der Waals surface area (Å²) in [5.41, 5.74) is 5.55. The van der Waals surface area contributed by atoms with Crippen LogP contribution in [0.3, 0.4) is 0 Å². The Morgan fingerprint density at radius 3 is 2.64 bits per heavy atom. The number of nitrogens with two attached hydrogens (primary N) is 1. The van der Waals surface area contributed by atoms with Crippen LogP contribution in [0.4, 0.5) is 0 Å². The molecule has 0 spiro atoms. The van der Waals surface area contributed by atoms with Gasteiger partial charge in [0.2, 0.25) is 0 Å². The fourth-order valence-corrected chi connectivity index (χ4v) is 2.13. The molecule has 3 nitrogen and oxygen atoms in total. The van der Waals surface area contributed by atoms with Gasteiger partial charge < -0.3 is 10.5 Å². The van der Waals surface area contributed by atoms with Gasteiger partial charge in [-0.25, -0.2) is 0 Å². The Morgan fingerprint density at radius 1 is 1.64 bits per heavy atom. The van der Waals surface area contributed by atoms with E-state index in [1.54, 1.807) is 0 Å². The summed E-state index contributed by atoms with van der Waals surface area (Å²) in [4.78, 5) is 2.85. The highest BCUT2D eigenvalue weighted by molar-refractivity contribution is 7.80. The van der Waals surface area contributed by atoms with Crippen molar-refractivity contribution in [2.75, 3.05) is 13.1 Å². The summed E-state index contributed by atoms with van der Waals surface area (Å²) in [6.07, 6.45) is 0.246. The molecule has 0 radical (unpaired) electrons. The van der Waals surface area contributed by atoms with Gasteiger partial charge in [0.1, 0.15) is 0 Å². The van der Waals surface area contributed by atoms with Crippen LogP contribution in [0.15, 0.2) is 0 Å². The van der Waals surface area contributed by atoms with Gasteiger partial charge in [0.25, 0.3) is 0 Å². The quantitative estimate of drug-likeness (QED) is 0.703. The summed E-state index contributed by atoms with van der Waals surface area (Å²) in [6, 6.07) is 0.163. The fourth-order valence-electron chi connectivity index (χ4n) is 1.98. The molecule has 2 N–H and O–H groups in total. The van der Waals surface area contributed by atoms with E-state index in [9.17, 15) is 0 Å². The molecule has 0 aromatic rings. The van der Waals surface area contributed by atoms with Crippen molar-refractivity contribution in [3.63, 3.8) is 0 Å². The van der Waals surface area contributed by atoms with Crippen LogP contribution in [-0.4, -0.2) is 40.7 Å². The van der Waals surface area contributed by atoms with E-state index in [0.29, 0.717) is 4.99 Å². The van der Waals surface area contributed by atoms with E-state index in [2.05, 4.69) is 32.6 Å². The molecule has 2 atom stereocenters. The average Bonchev–Trinajstić information content (AvgIpc) is 1.98. The molecule has 2 unspecified atom stereocenters. The first kappa shape index (κ1) is 11.9. The molecule has 0 aromatic carbocycles. The number of nitrogens with zero attached hydrogens (tertiary/aromatic N) is 1. The second-order valence-electron chi connectivity index (χ2n) is 4.70. The third kappa shape index (κ3) is 2.90. The second-order valence-corrected chi connectivity index (χ2v) is 5.17. The molecule has 1 aliphatic rings. The van der Waals surface area contributed by atoms with Crippen LogP contribution in [0.25, 0.3) is 0 Å². The summed E-state index contributed by atoms with van der Waals surface area (Å²) in [7, 11) is 0. The second kappa shape index (κ2) is 4.13. The minimum Gasteiger partial charge on any atom is -0.392 e. The lowest BCUT2D eigenvalue weighted by Crippen LogP contribution is -2.56. The Hall–Kier alpha value is -0.190. The first-order valence-electron chi connectivity index (χ1n) is 5.03. The molecule has 1 saturated heterocycles. The van der Waals surface area contributed by atoms with Gasteiger partial charge >= 0.3 is 0 Å². The zero-order valence-corrected chi connectivity index (χ0v) is 10.2. The van der Waals surface area contributed by atoms with Gasteiger partial charge in [0.15, 0.2) is 0 Å². The van der Waals surface area contributed by atoms with Crippen LogP contribution in [0.1, 0.15) is 27.7 Å². The van der Waals surface area contributed by atoms with E-state index in [1.807, 2.05) is 0 Å². The molecule has 1 rings (SSSR count). The number of morpholine rings is 1. The van der Waals surface area contributed by atoms with E-state index < -0.39 is 0 Å². The highest BCUT2D eigenvalue weighted by Crippen LogP contribution is 2.22. The predicted octanol–water partition coefficient (Wildman–Crippen LogP) is 1.16. The van der Waals surface area contributed by atoms with Crippen LogP contribution in [0.5, 0.6) is 0 Å². The van der Waals surface area contributed by atoms with Gasteiger partial charge in [-0.3, -0.25) is 4.90 Å². The van der Waals surface area contributed by atoms with Crippen LogP contribution in [-0.2, 0) is 4.74 Å². The molecule has 0 amide bonds. The van der Waals surface area contributed by atoms with Crippen LogP contribution < -0.4 is 5.73 Å². The maximum atomic E-state index is 5.81.